The highest BCUT2D eigenvalue weighted by Gasteiger charge is 2.18. The summed E-state index contributed by atoms with van der Waals surface area (Å²) >= 11 is 3.41. The second-order valence-electron chi connectivity index (χ2n) is 3.89. The number of carbonyl (C=O) groups is 1. The Bertz CT molecular complexity index is 559. The molecular weight excluding hydrogens is 270 g/mol. The lowest BCUT2D eigenvalue weighted by Gasteiger charge is -2.08. The van der Waals surface area contributed by atoms with Gasteiger partial charge in [-0.3, -0.25) is 4.79 Å². The van der Waals surface area contributed by atoms with E-state index >= 15 is 0 Å². The maximum atomic E-state index is 11.0. The topological polar surface area (TPSA) is 42.2 Å². The second kappa shape index (κ2) is 3.94. The largest absolute Gasteiger partial charge is 0.481 e. The number of aryl methyl sites for hydroxylation is 1. The fourth-order valence-electron chi connectivity index (χ4n) is 1.87. The average Bonchev–Trinajstić information content (AvgIpc) is 2.55. The number of nitrogens with zero attached hydrogens (tertiary/aromatic N) is 1. The molecule has 0 fully saturated rings. The number of aliphatic carboxylic acids is 1. The lowest BCUT2D eigenvalue weighted by Crippen LogP contribution is -2.11. The Morgan fingerprint density at radius 2 is 2.12 bits per heavy atom. The molecule has 0 saturated carbocycles. The van der Waals surface area contributed by atoms with Crippen LogP contribution in [0.4, 0.5) is 0 Å². The lowest BCUT2D eigenvalue weighted by molar-refractivity contribution is -0.138. The molecule has 0 bridgehead atoms. The zero-order valence-electron chi connectivity index (χ0n) is 9.07. The molecule has 4 heteroatoms. The maximum absolute atomic E-state index is 11.0. The molecule has 0 aliphatic carbocycles. The van der Waals surface area contributed by atoms with Crippen LogP contribution in [0.5, 0.6) is 0 Å². The van der Waals surface area contributed by atoms with Gasteiger partial charge in [-0.05, 0) is 30.5 Å². The number of halogens is 1. The minimum atomic E-state index is -0.801. The summed E-state index contributed by atoms with van der Waals surface area (Å²) < 4.78 is 2.93. The van der Waals surface area contributed by atoms with Gasteiger partial charge in [0.1, 0.15) is 0 Å². The molecule has 84 valence electrons. The van der Waals surface area contributed by atoms with Crippen molar-refractivity contribution in [3.8, 4) is 0 Å². The first-order chi connectivity index (χ1) is 7.50. The van der Waals surface area contributed by atoms with Crippen LogP contribution in [0.3, 0.4) is 0 Å². The molecule has 1 heterocycles. The van der Waals surface area contributed by atoms with Crippen molar-refractivity contribution in [2.75, 3.05) is 0 Å². The molecule has 1 aromatic carbocycles. The third kappa shape index (κ3) is 1.73. The van der Waals surface area contributed by atoms with Gasteiger partial charge in [0.25, 0.3) is 0 Å². The van der Waals surface area contributed by atoms with Gasteiger partial charge in [0.05, 0.1) is 5.92 Å². The molecule has 2 aromatic rings. The predicted molar refractivity (Wildman–Crippen MR) is 66.7 cm³/mol. The van der Waals surface area contributed by atoms with Gasteiger partial charge in [-0.2, -0.15) is 0 Å². The van der Waals surface area contributed by atoms with Crippen LogP contribution in [0.2, 0.25) is 0 Å². The van der Waals surface area contributed by atoms with Crippen molar-refractivity contribution >= 4 is 32.8 Å². The highest BCUT2D eigenvalue weighted by atomic mass is 79.9. The SMILES string of the molecule is CC(C(=O)O)c1cc2ccc(Br)cc2n1C. The number of carboxylic acid groups (broad SMARTS) is 1. The Kier molecular flexibility index (Phi) is 2.76. The van der Waals surface area contributed by atoms with Gasteiger partial charge in [-0.1, -0.05) is 22.0 Å². The third-order valence-electron chi connectivity index (χ3n) is 2.86. The number of benzene rings is 1. The van der Waals surface area contributed by atoms with E-state index in [1.165, 1.54) is 0 Å². The van der Waals surface area contributed by atoms with Crippen molar-refractivity contribution in [3.05, 3.63) is 34.4 Å². The molecule has 3 nitrogen and oxygen atoms in total. The number of hydrogen-bond donors (Lipinski definition) is 1. The zero-order valence-corrected chi connectivity index (χ0v) is 10.7. The van der Waals surface area contributed by atoms with Gasteiger partial charge in [0, 0.05) is 22.7 Å². The van der Waals surface area contributed by atoms with Gasteiger partial charge in [-0.25, -0.2) is 0 Å². The molecule has 1 N–H and O–H groups in total. The van der Waals surface area contributed by atoms with Crippen molar-refractivity contribution in [1.29, 1.82) is 0 Å². The minimum Gasteiger partial charge on any atom is -0.481 e. The number of rotatable bonds is 2. The van der Waals surface area contributed by atoms with Gasteiger partial charge in [0.15, 0.2) is 0 Å². The maximum Gasteiger partial charge on any atom is 0.312 e. The van der Waals surface area contributed by atoms with E-state index < -0.39 is 11.9 Å². The summed E-state index contributed by atoms with van der Waals surface area (Å²) in [5.74, 6) is -1.29. The van der Waals surface area contributed by atoms with E-state index in [2.05, 4.69) is 15.9 Å². The second-order valence-corrected chi connectivity index (χ2v) is 4.81. The van der Waals surface area contributed by atoms with E-state index in [4.69, 9.17) is 5.11 Å². The molecule has 0 spiro atoms. The van der Waals surface area contributed by atoms with Gasteiger partial charge < -0.3 is 9.67 Å². The molecule has 1 unspecified atom stereocenters. The van der Waals surface area contributed by atoms with Crippen molar-refractivity contribution in [2.45, 2.75) is 12.8 Å². The first-order valence-electron chi connectivity index (χ1n) is 4.98. The fraction of sp³-hybridized carbons (Fsp3) is 0.250. The summed E-state index contributed by atoms with van der Waals surface area (Å²) in [6, 6.07) is 7.86. The first kappa shape index (κ1) is 11.2. The van der Waals surface area contributed by atoms with E-state index in [9.17, 15) is 4.79 Å². The van der Waals surface area contributed by atoms with Crippen LogP contribution >= 0.6 is 15.9 Å². The summed E-state index contributed by atoms with van der Waals surface area (Å²) in [4.78, 5) is 11.0. The summed E-state index contributed by atoms with van der Waals surface area (Å²) in [5, 5.41) is 10.1. The Morgan fingerprint density at radius 1 is 1.44 bits per heavy atom. The first-order valence-corrected chi connectivity index (χ1v) is 5.77. The molecular formula is C12H12BrNO2. The summed E-state index contributed by atoms with van der Waals surface area (Å²) in [6.45, 7) is 1.70. The van der Waals surface area contributed by atoms with Crippen LogP contribution in [-0.2, 0) is 11.8 Å². The predicted octanol–water partition coefficient (Wildman–Crippen LogP) is 3.13. The highest BCUT2D eigenvalue weighted by molar-refractivity contribution is 9.10. The number of carboxylic acids is 1. The quantitative estimate of drug-likeness (QED) is 0.919. The number of fused-ring (bicyclic) bond motifs is 1. The molecule has 0 aliphatic rings. The van der Waals surface area contributed by atoms with Crippen molar-refractivity contribution < 1.29 is 9.90 Å². The van der Waals surface area contributed by atoms with Crippen LogP contribution in [0.15, 0.2) is 28.7 Å². The van der Waals surface area contributed by atoms with E-state index in [1.54, 1.807) is 6.92 Å². The molecule has 0 aliphatic heterocycles. The zero-order chi connectivity index (χ0) is 11.9. The Morgan fingerprint density at radius 3 is 2.75 bits per heavy atom. The smallest absolute Gasteiger partial charge is 0.312 e. The van der Waals surface area contributed by atoms with Crippen LogP contribution < -0.4 is 0 Å². The monoisotopic (exact) mass is 281 g/mol. The lowest BCUT2D eigenvalue weighted by atomic mass is 10.1. The number of hydrogen-bond acceptors (Lipinski definition) is 1. The standard InChI is InChI=1S/C12H12BrNO2/c1-7(12(15)16)10-5-8-3-4-9(13)6-11(8)14(10)2/h3-7H,1-2H3,(H,15,16). The van der Waals surface area contributed by atoms with Gasteiger partial charge in [0.2, 0.25) is 0 Å². The van der Waals surface area contributed by atoms with Crippen molar-refractivity contribution in [2.24, 2.45) is 7.05 Å². The third-order valence-corrected chi connectivity index (χ3v) is 3.35. The van der Waals surface area contributed by atoms with Gasteiger partial charge in [-0.15, -0.1) is 0 Å². The van der Waals surface area contributed by atoms with Gasteiger partial charge >= 0.3 is 5.97 Å². The number of aromatic nitrogens is 1. The summed E-state index contributed by atoms with van der Waals surface area (Å²) in [5.41, 5.74) is 1.86. The average molecular weight is 282 g/mol. The minimum absolute atomic E-state index is 0.490. The van der Waals surface area contributed by atoms with Crippen LogP contribution in [0, 0.1) is 0 Å². The van der Waals surface area contributed by atoms with E-state index in [0.717, 1.165) is 21.1 Å². The van der Waals surface area contributed by atoms with Crippen LogP contribution in [-0.4, -0.2) is 15.6 Å². The Labute approximate surface area is 102 Å². The summed E-state index contributed by atoms with van der Waals surface area (Å²) in [6.07, 6.45) is 0. The molecule has 0 amide bonds. The highest BCUT2D eigenvalue weighted by Crippen LogP contribution is 2.26. The molecule has 16 heavy (non-hydrogen) atoms. The van der Waals surface area contributed by atoms with E-state index in [-0.39, 0.29) is 0 Å². The Hall–Kier alpha value is -1.29. The summed E-state index contributed by atoms with van der Waals surface area (Å²) in [7, 11) is 1.89. The molecule has 1 aromatic heterocycles. The van der Waals surface area contributed by atoms with Crippen molar-refractivity contribution in [3.63, 3.8) is 0 Å². The molecule has 1 atom stereocenters. The van der Waals surface area contributed by atoms with Crippen LogP contribution in [0.25, 0.3) is 10.9 Å². The van der Waals surface area contributed by atoms with Crippen molar-refractivity contribution in [1.82, 2.24) is 4.57 Å². The van der Waals surface area contributed by atoms with E-state index in [0.29, 0.717) is 0 Å². The van der Waals surface area contributed by atoms with E-state index in [1.807, 2.05) is 35.9 Å². The molecule has 0 saturated heterocycles. The molecule has 0 radical (unpaired) electrons. The Balaban J connectivity index is 2.64. The molecule has 2 rings (SSSR count). The van der Waals surface area contributed by atoms with Crippen LogP contribution in [0.1, 0.15) is 18.5 Å². The normalized spacial score (nSPS) is 12.9. The fourth-order valence-corrected chi connectivity index (χ4v) is 2.22.